The van der Waals surface area contributed by atoms with Crippen LogP contribution in [0, 0.1) is 0 Å². The highest BCUT2D eigenvalue weighted by atomic mass is 31.2. The van der Waals surface area contributed by atoms with Gasteiger partial charge in [0.05, 0.1) is 10.6 Å². The second-order valence-corrected chi connectivity index (χ2v) is 11.0. The van der Waals surface area contributed by atoms with Gasteiger partial charge in [-0.1, -0.05) is 48.5 Å². The molecular weight excluding hydrogens is 441 g/mol. The molecule has 0 spiro atoms. The second-order valence-electron chi connectivity index (χ2n) is 8.39. The normalized spacial score (nSPS) is 14.1. The van der Waals surface area contributed by atoms with Crippen LogP contribution < -0.4 is 25.4 Å². The number of aromatic nitrogens is 1. The largest absolute Gasteiger partial charge is 0.456 e. The molecule has 0 bridgehead atoms. The van der Waals surface area contributed by atoms with Crippen molar-refractivity contribution in [1.82, 2.24) is 4.98 Å². The summed E-state index contributed by atoms with van der Waals surface area (Å²) in [6.07, 6.45) is 3.62. The van der Waals surface area contributed by atoms with Crippen molar-refractivity contribution in [2.24, 2.45) is 0 Å². The van der Waals surface area contributed by atoms with Crippen LogP contribution in [0.25, 0.3) is 22.3 Å². The first kappa shape index (κ1) is 19.3. The monoisotopic (exact) mass is 459 g/mol. The Bertz CT molecular complexity index is 1570. The lowest BCUT2D eigenvalue weighted by molar-refractivity contribution is 0.462. The van der Waals surface area contributed by atoms with Crippen LogP contribution in [0.3, 0.4) is 0 Å². The lowest BCUT2D eigenvalue weighted by Gasteiger charge is -2.34. The predicted molar refractivity (Wildman–Crippen MR) is 135 cm³/mol. The van der Waals surface area contributed by atoms with Gasteiger partial charge >= 0.3 is 0 Å². The Morgan fingerprint density at radius 1 is 0.559 bits per heavy atom. The highest BCUT2D eigenvalue weighted by molar-refractivity contribution is 7.86. The molecule has 7 rings (SSSR count). The summed E-state index contributed by atoms with van der Waals surface area (Å²) >= 11 is 0. The van der Waals surface area contributed by atoms with E-state index in [9.17, 15) is 4.57 Å². The molecule has 2 aliphatic heterocycles. The fourth-order valence-electron chi connectivity index (χ4n) is 4.84. The second kappa shape index (κ2) is 7.18. The Kier molecular flexibility index (Phi) is 4.08. The van der Waals surface area contributed by atoms with Gasteiger partial charge in [-0.05, 0) is 65.2 Å². The number of benzene rings is 4. The van der Waals surface area contributed by atoms with Crippen LogP contribution in [0.15, 0.2) is 109 Å². The molecule has 162 valence electrons. The van der Waals surface area contributed by atoms with Crippen LogP contribution in [0.1, 0.15) is 0 Å². The highest BCUT2D eigenvalue weighted by Gasteiger charge is 2.46. The minimum atomic E-state index is -3.14. The van der Waals surface area contributed by atoms with E-state index >= 15 is 0 Å². The average Bonchev–Trinajstić information content (AvgIpc) is 2.89. The van der Waals surface area contributed by atoms with E-state index in [1.54, 1.807) is 6.20 Å². The molecule has 4 aromatic carbocycles. The zero-order valence-corrected chi connectivity index (χ0v) is 18.9. The zero-order chi connectivity index (χ0) is 22.7. The molecule has 4 nitrogen and oxygen atoms in total. The molecule has 5 aromatic rings. The first-order valence-corrected chi connectivity index (χ1v) is 12.8. The fourth-order valence-corrected chi connectivity index (χ4v) is 7.88. The van der Waals surface area contributed by atoms with Gasteiger partial charge in [-0.3, -0.25) is 4.98 Å². The lowest BCUT2D eigenvalue weighted by Crippen LogP contribution is -2.35. The Balaban J connectivity index is 1.46. The lowest BCUT2D eigenvalue weighted by atomic mass is 9.99. The van der Waals surface area contributed by atoms with Gasteiger partial charge < -0.3 is 14.0 Å². The van der Waals surface area contributed by atoms with Gasteiger partial charge in [0.1, 0.15) is 28.3 Å². The van der Waals surface area contributed by atoms with Gasteiger partial charge in [-0.15, -0.1) is 0 Å². The van der Waals surface area contributed by atoms with Crippen molar-refractivity contribution in [2.75, 3.05) is 0 Å². The van der Waals surface area contributed by atoms with Crippen LogP contribution >= 0.6 is 7.14 Å². The van der Waals surface area contributed by atoms with E-state index in [0.717, 1.165) is 22.3 Å². The molecular formula is C29H18NO3P. The summed E-state index contributed by atoms with van der Waals surface area (Å²) in [5.41, 5.74) is 4.06. The van der Waals surface area contributed by atoms with E-state index < -0.39 is 7.14 Å². The molecule has 34 heavy (non-hydrogen) atoms. The Morgan fingerprint density at radius 2 is 1.15 bits per heavy atom. The average molecular weight is 459 g/mol. The molecule has 0 unspecified atom stereocenters. The molecule has 3 heterocycles. The van der Waals surface area contributed by atoms with Crippen molar-refractivity contribution in [1.29, 1.82) is 0 Å². The highest BCUT2D eigenvalue weighted by Crippen LogP contribution is 2.58. The number of para-hydroxylation sites is 2. The third-order valence-electron chi connectivity index (χ3n) is 6.39. The number of fused-ring (bicyclic) bond motifs is 4. The van der Waals surface area contributed by atoms with Crippen molar-refractivity contribution in [3.05, 3.63) is 109 Å². The van der Waals surface area contributed by atoms with Gasteiger partial charge in [-0.2, -0.15) is 0 Å². The molecule has 0 atom stereocenters. The summed E-state index contributed by atoms with van der Waals surface area (Å²) in [5.74, 6) is 2.41. The maximum Gasteiger partial charge on any atom is 0.185 e. The van der Waals surface area contributed by atoms with Gasteiger partial charge in [0.25, 0.3) is 0 Å². The molecule has 0 amide bonds. The summed E-state index contributed by atoms with van der Waals surface area (Å²) in [6, 6.07) is 31.4. The maximum absolute atomic E-state index is 14.9. The summed E-state index contributed by atoms with van der Waals surface area (Å²) in [5, 5.41) is 2.06. The Hall–Kier alpha value is -4.14. The molecule has 0 aliphatic carbocycles. The minimum Gasteiger partial charge on any atom is -0.456 e. The standard InChI is InChI=1S/C29H18NO3P/c31-34-27-12-3-1-10-23(27)32-25-16-22(17-26(29(25)34)33-24-11-2-4-13-28(24)34)20-8-5-7-19(15-20)21-9-6-14-30-18-21/h1-18H. The molecule has 0 N–H and O–H groups in total. The Labute approximate surface area is 196 Å². The zero-order valence-electron chi connectivity index (χ0n) is 18.0. The van der Waals surface area contributed by atoms with Crippen molar-refractivity contribution < 1.29 is 14.0 Å². The first-order chi connectivity index (χ1) is 16.7. The maximum atomic E-state index is 14.9. The van der Waals surface area contributed by atoms with E-state index in [2.05, 4.69) is 23.2 Å². The van der Waals surface area contributed by atoms with Gasteiger partial charge in [0, 0.05) is 18.0 Å². The topological polar surface area (TPSA) is 48.4 Å². The summed E-state index contributed by atoms with van der Waals surface area (Å²) in [7, 11) is -3.14. The van der Waals surface area contributed by atoms with E-state index in [4.69, 9.17) is 9.47 Å². The van der Waals surface area contributed by atoms with Gasteiger partial charge in [-0.25, -0.2) is 0 Å². The van der Waals surface area contributed by atoms with E-state index in [1.807, 2.05) is 85.1 Å². The SMILES string of the molecule is O=P12c3ccccc3Oc3cc(-c4cccc(-c5cccnc5)c4)cc(c31)Oc1ccccc12. The fraction of sp³-hybridized carbons (Fsp3) is 0. The van der Waals surface area contributed by atoms with Crippen LogP contribution in [0.4, 0.5) is 0 Å². The van der Waals surface area contributed by atoms with Crippen molar-refractivity contribution in [3.8, 4) is 45.3 Å². The van der Waals surface area contributed by atoms with Crippen LogP contribution in [0.5, 0.6) is 23.0 Å². The molecule has 5 heteroatoms. The number of ether oxygens (including phenoxy) is 2. The quantitative estimate of drug-likeness (QED) is 0.286. The number of rotatable bonds is 2. The van der Waals surface area contributed by atoms with Crippen molar-refractivity contribution in [3.63, 3.8) is 0 Å². The van der Waals surface area contributed by atoms with Crippen LogP contribution in [-0.2, 0) is 4.57 Å². The Morgan fingerprint density at radius 3 is 1.76 bits per heavy atom. The smallest absolute Gasteiger partial charge is 0.185 e. The molecule has 0 fully saturated rings. The number of hydrogen-bond acceptors (Lipinski definition) is 4. The number of nitrogens with zero attached hydrogens (tertiary/aromatic N) is 1. The van der Waals surface area contributed by atoms with Crippen molar-refractivity contribution in [2.45, 2.75) is 0 Å². The summed E-state index contributed by atoms with van der Waals surface area (Å²) < 4.78 is 27.5. The van der Waals surface area contributed by atoms with Crippen LogP contribution in [-0.4, -0.2) is 4.98 Å². The molecule has 0 saturated heterocycles. The summed E-state index contributed by atoms with van der Waals surface area (Å²) in [4.78, 5) is 4.24. The van der Waals surface area contributed by atoms with Crippen LogP contribution in [0.2, 0.25) is 0 Å². The van der Waals surface area contributed by atoms with E-state index in [0.29, 0.717) is 38.9 Å². The number of hydrogen-bond donors (Lipinski definition) is 0. The third-order valence-corrected chi connectivity index (χ3v) is 9.56. The predicted octanol–water partition coefficient (Wildman–Crippen LogP) is 6.27. The van der Waals surface area contributed by atoms with Gasteiger partial charge in [0.2, 0.25) is 0 Å². The molecule has 2 aliphatic rings. The summed E-state index contributed by atoms with van der Waals surface area (Å²) in [6.45, 7) is 0. The van der Waals surface area contributed by atoms with Gasteiger partial charge in [0.15, 0.2) is 7.14 Å². The molecule has 0 radical (unpaired) electrons. The van der Waals surface area contributed by atoms with E-state index in [-0.39, 0.29) is 0 Å². The molecule has 1 aromatic heterocycles. The third kappa shape index (κ3) is 2.73. The minimum absolute atomic E-state index is 0.579. The molecule has 0 saturated carbocycles. The van der Waals surface area contributed by atoms with E-state index in [1.165, 1.54) is 0 Å². The number of pyridine rings is 1. The van der Waals surface area contributed by atoms with Crippen molar-refractivity contribution >= 4 is 23.1 Å². The first-order valence-electron chi connectivity index (χ1n) is 11.1.